The average molecular weight is 421 g/mol. The highest BCUT2D eigenvalue weighted by atomic mass is 16.5. The number of nitrogens with two attached hydrogens (primary N) is 1. The third kappa shape index (κ3) is 4.77. The largest absolute Gasteiger partial charge is 0.497 e. The van der Waals surface area contributed by atoms with Crippen LogP contribution in [0.25, 0.3) is 0 Å². The Balaban J connectivity index is 1.52. The zero-order valence-electron chi connectivity index (χ0n) is 17.7. The number of carbonyl (C=O) groups is 2. The van der Waals surface area contributed by atoms with Crippen molar-refractivity contribution < 1.29 is 14.3 Å². The molecule has 0 saturated carbocycles. The van der Waals surface area contributed by atoms with Gasteiger partial charge in [0.15, 0.2) is 0 Å². The quantitative estimate of drug-likeness (QED) is 0.778. The number of ether oxygens (including phenoxy) is 1. The van der Waals surface area contributed by atoms with Crippen LogP contribution in [0.2, 0.25) is 0 Å². The topological polar surface area (TPSA) is 88.2 Å². The Morgan fingerprint density at radius 3 is 2.35 bits per heavy atom. The zero-order valence-corrected chi connectivity index (χ0v) is 17.7. The van der Waals surface area contributed by atoms with Gasteiger partial charge in [0.1, 0.15) is 5.75 Å². The fourth-order valence-corrected chi connectivity index (χ4v) is 4.27. The van der Waals surface area contributed by atoms with Crippen molar-refractivity contribution in [3.05, 3.63) is 65.7 Å². The van der Waals surface area contributed by atoms with E-state index in [4.69, 9.17) is 15.6 Å². The molecule has 4 rings (SSSR count). The molecule has 2 aromatic carbocycles. The minimum Gasteiger partial charge on any atom is -0.497 e. The van der Waals surface area contributed by atoms with E-state index in [0.29, 0.717) is 32.4 Å². The fraction of sp³-hybridized carbons (Fsp3) is 0.375. The first-order valence-corrected chi connectivity index (χ1v) is 10.7. The summed E-state index contributed by atoms with van der Waals surface area (Å²) in [6.45, 7) is 1.66. The Kier molecular flexibility index (Phi) is 6.32. The molecule has 2 heterocycles. The number of hydrazone groups is 1. The molecule has 2 aliphatic heterocycles. The summed E-state index contributed by atoms with van der Waals surface area (Å²) in [5.74, 6) is 0.403. The van der Waals surface area contributed by atoms with Crippen molar-refractivity contribution in [2.45, 2.75) is 25.3 Å². The van der Waals surface area contributed by atoms with Crippen molar-refractivity contribution >= 4 is 17.5 Å². The maximum absolute atomic E-state index is 13.3. The summed E-state index contributed by atoms with van der Waals surface area (Å²) >= 11 is 0. The predicted octanol–water partition coefficient (Wildman–Crippen LogP) is 2.57. The van der Waals surface area contributed by atoms with Gasteiger partial charge in [0.2, 0.25) is 5.91 Å². The molecule has 2 aliphatic rings. The van der Waals surface area contributed by atoms with Crippen LogP contribution in [0.3, 0.4) is 0 Å². The standard InChI is InChI=1S/C24H28N4O3/c1-31-20-9-7-18(8-10-20)22-15-21(17-5-3-2-4-6-17)26-28(22)23(29)16-27-13-11-19(12-14-27)24(25)30/h2-10,19,22H,11-16H2,1H3,(H2,25,30). The van der Waals surface area contributed by atoms with Gasteiger partial charge in [-0.05, 0) is 49.2 Å². The number of methoxy groups -OCH3 is 1. The molecule has 0 spiro atoms. The number of rotatable bonds is 6. The second-order valence-corrected chi connectivity index (χ2v) is 8.10. The van der Waals surface area contributed by atoms with Crippen LogP contribution in [-0.4, -0.2) is 54.2 Å². The van der Waals surface area contributed by atoms with Gasteiger partial charge in [-0.3, -0.25) is 14.5 Å². The molecule has 2 N–H and O–H groups in total. The molecule has 0 radical (unpaired) electrons. The SMILES string of the molecule is COc1ccc(C2CC(c3ccccc3)=NN2C(=O)CN2CCC(C(N)=O)CC2)cc1. The van der Waals surface area contributed by atoms with E-state index in [1.807, 2.05) is 54.6 Å². The van der Waals surface area contributed by atoms with E-state index in [9.17, 15) is 9.59 Å². The van der Waals surface area contributed by atoms with Crippen molar-refractivity contribution in [3.8, 4) is 5.75 Å². The van der Waals surface area contributed by atoms with Gasteiger partial charge in [-0.1, -0.05) is 42.5 Å². The summed E-state index contributed by atoms with van der Waals surface area (Å²) in [5, 5.41) is 6.36. The van der Waals surface area contributed by atoms with Crippen molar-refractivity contribution in [1.29, 1.82) is 0 Å². The van der Waals surface area contributed by atoms with Crippen molar-refractivity contribution in [2.75, 3.05) is 26.7 Å². The van der Waals surface area contributed by atoms with Gasteiger partial charge in [-0.25, -0.2) is 5.01 Å². The zero-order chi connectivity index (χ0) is 21.8. The number of primary amides is 1. The van der Waals surface area contributed by atoms with Gasteiger partial charge < -0.3 is 10.5 Å². The maximum Gasteiger partial charge on any atom is 0.257 e. The van der Waals surface area contributed by atoms with E-state index >= 15 is 0 Å². The molecule has 7 nitrogen and oxygen atoms in total. The van der Waals surface area contributed by atoms with Crippen LogP contribution < -0.4 is 10.5 Å². The normalized spacial score (nSPS) is 19.8. The summed E-state index contributed by atoms with van der Waals surface area (Å²) in [6, 6.07) is 17.6. The van der Waals surface area contributed by atoms with Gasteiger partial charge >= 0.3 is 0 Å². The summed E-state index contributed by atoms with van der Waals surface area (Å²) in [6.07, 6.45) is 2.05. The predicted molar refractivity (Wildman–Crippen MR) is 119 cm³/mol. The third-order valence-electron chi connectivity index (χ3n) is 6.12. The monoisotopic (exact) mass is 420 g/mol. The highest BCUT2D eigenvalue weighted by Gasteiger charge is 2.34. The number of nitrogens with zero attached hydrogens (tertiary/aromatic N) is 3. The van der Waals surface area contributed by atoms with Crippen LogP contribution in [0.4, 0.5) is 0 Å². The van der Waals surface area contributed by atoms with Crippen LogP contribution in [0.5, 0.6) is 5.75 Å². The van der Waals surface area contributed by atoms with E-state index in [-0.39, 0.29) is 30.3 Å². The van der Waals surface area contributed by atoms with E-state index in [0.717, 1.165) is 22.6 Å². The Morgan fingerprint density at radius 2 is 1.74 bits per heavy atom. The number of hydrogen-bond acceptors (Lipinski definition) is 5. The number of hydrogen-bond donors (Lipinski definition) is 1. The first-order chi connectivity index (χ1) is 15.0. The van der Waals surface area contributed by atoms with E-state index in [2.05, 4.69) is 4.90 Å². The molecule has 0 aliphatic carbocycles. The summed E-state index contributed by atoms with van der Waals surface area (Å²) in [5.41, 5.74) is 8.38. The minimum absolute atomic E-state index is 0.0377. The minimum atomic E-state index is -0.248. The second-order valence-electron chi connectivity index (χ2n) is 8.10. The Hall–Kier alpha value is -3.19. The lowest BCUT2D eigenvalue weighted by atomic mass is 9.96. The van der Waals surface area contributed by atoms with Crippen LogP contribution in [0, 0.1) is 5.92 Å². The first kappa shape index (κ1) is 21.1. The Morgan fingerprint density at radius 1 is 1.06 bits per heavy atom. The molecule has 31 heavy (non-hydrogen) atoms. The van der Waals surface area contributed by atoms with Gasteiger partial charge in [-0.2, -0.15) is 5.10 Å². The lowest BCUT2D eigenvalue weighted by Gasteiger charge is -2.31. The number of piperidine rings is 1. The smallest absolute Gasteiger partial charge is 0.257 e. The van der Waals surface area contributed by atoms with Crippen LogP contribution in [0.15, 0.2) is 59.7 Å². The molecular weight excluding hydrogens is 392 g/mol. The first-order valence-electron chi connectivity index (χ1n) is 10.7. The number of carbonyl (C=O) groups excluding carboxylic acids is 2. The highest BCUT2D eigenvalue weighted by molar-refractivity contribution is 6.03. The van der Waals surface area contributed by atoms with Gasteiger partial charge in [0.05, 0.1) is 25.4 Å². The number of likely N-dealkylation sites (tertiary alicyclic amines) is 1. The number of amides is 2. The molecule has 1 atom stereocenters. The Labute approximate surface area is 182 Å². The maximum atomic E-state index is 13.3. The highest BCUT2D eigenvalue weighted by Crippen LogP contribution is 2.34. The fourth-order valence-electron chi connectivity index (χ4n) is 4.27. The molecular formula is C24H28N4O3. The summed E-state index contributed by atoms with van der Waals surface area (Å²) in [7, 11) is 1.64. The van der Waals surface area contributed by atoms with Crippen LogP contribution in [0.1, 0.15) is 36.4 Å². The van der Waals surface area contributed by atoms with E-state index < -0.39 is 0 Å². The van der Waals surface area contributed by atoms with Gasteiger partial charge in [0.25, 0.3) is 5.91 Å². The lowest BCUT2D eigenvalue weighted by Crippen LogP contribution is -2.43. The summed E-state index contributed by atoms with van der Waals surface area (Å²) < 4.78 is 5.27. The molecule has 2 aromatic rings. The van der Waals surface area contributed by atoms with E-state index in [1.165, 1.54) is 0 Å². The van der Waals surface area contributed by atoms with Gasteiger partial charge in [0, 0.05) is 12.3 Å². The molecule has 1 fully saturated rings. The van der Waals surface area contributed by atoms with Crippen LogP contribution in [-0.2, 0) is 9.59 Å². The molecule has 162 valence electrons. The molecule has 0 bridgehead atoms. The van der Waals surface area contributed by atoms with Crippen molar-refractivity contribution in [3.63, 3.8) is 0 Å². The molecule has 1 saturated heterocycles. The second kappa shape index (κ2) is 9.31. The van der Waals surface area contributed by atoms with E-state index in [1.54, 1.807) is 12.1 Å². The Bertz CT molecular complexity index is 951. The van der Waals surface area contributed by atoms with Crippen LogP contribution >= 0.6 is 0 Å². The average Bonchev–Trinajstić information content (AvgIpc) is 3.26. The summed E-state index contributed by atoms with van der Waals surface area (Å²) in [4.78, 5) is 26.8. The third-order valence-corrected chi connectivity index (χ3v) is 6.12. The molecule has 2 amide bonds. The number of benzene rings is 2. The van der Waals surface area contributed by atoms with Gasteiger partial charge in [-0.15, -0.1) is 0 Å². The lowest BCUT2D eigenvalue weighted by molar-refractivity contribution is -0.134. The molecule has 1 unspecified atom stereocenters. The molecule has 7 heteroatoms. The molecule has 0 aromatic heterocycles. The van der Waals surface area contributed by atoms with Crippen molar-refractivity contribution in [1.82, 2.24) is 9.91 Å². The van der Waals surface area contributed by atoms with Crippen molar-refractivity contribution in [2.24, 2.45) is 16.8 Å².